The van der Waals surface area contributed by atoms with Crippen LogP contribution in [0.1, 0.15) is 31.0 Å². The third-order valence-corrected chi connectivity index (χ3v) is 6.49. The molecule has 0 unspecified atom stereocenters. The molecule has 0 radical (unpaired) electrons. The Balaban J connectivity index is 1.83. The molecule has 0 saturated carbocycles. The molecule has 2 bridgehead atoms. The van der Waals surface area contributed by atoms with E-state index in [4.69, 9.17) is 4.74 Å². The molecule has 0 spiro atoms. The van der Waals surface area contributed by atoms with E-state index in [0.717, 1.165) is 5.56 Å². The van der Waals surface area contributed by atoms with Crippen LogP contribution in [-0.4, -0.2) is 16.1 Å². The largest absolute Gasteiger partial charge is 0.465 e. The van der Waals surface area contributed by atoms with Gasteiger partial charge in [-0.25, -0.2) is 9.38 Å². The Bertz CT molecular complexity index is 1340. The van der Waals surface area contributed by atoms with Crippen LogP contribution in [-0.2, 0) is 4.79 Å². The third kappa shape index (κ3) is 2.61. The molecule has 2 aliphatic rings. The highest BCUT2D eigenvalue weighted by Crippen LogP contribution is 2.47. The SMILES string of the molecule is CC(=O)[C@@H]1[C@@H]2c3ccccc3O[C@@]1(C)N=c1s/c(=C\c3ccccc3F)c(=O)n12. The summed E-state index contributed by atoms with van der Waals surface area (Å²) < 4.78 is 22.2. The second-order valence-corrected chi connectivity index (χ2v) is 8.44. The number of ketones is 1. The first kappa shape index (κ1) is 18.0. The van der Waals surface area contributed by atoms with Gasteiger partial charge in [0, 0.05) is 11.1 Å². The van der Waals surface area contributed by atoms with E-state index >= 15 is 0 Å². The minimum absolute atomic E-state index is 0.0980. The minimum Gasteiger partial charge on any atom is -0.465 e. The Morgan fingerprint density at radius 2 is 1.97 bits per heavy atom. The van der Waals surface area contributed by atoms with Crippen molar-refractivity contribution in [1.29, 1.82) is 0 Å². The van der Waals surface area contributed by atoms with E-state index < -0.39 is 23.5 Å². The van der Waals surface area contributed by atoms with Crippen molar-refractivity contribution in [1.82, 2.24) is 4.57 Å². The van der Waals surface area contributed by atoms with Crippen LogP contribution in [0.25, 0.3) is 6.08 Å². The maximum Gasteiger partial charge on any atom is 0.270 e. The van der Waals surface area contributed by atoms with E-state index in [-0.39, 0.29) is 11.3 Å². The van der Waals surface area contributed by atoms with Gasteiger partial charge in [0.1, 0.15) is 23.3 Å². The van der Waals surface area contributed by atoms with Crippen molar-refractivity contribution in [2.24, 2.45) is 10.9 Å². The minimum atomic E-state index is -1.10. The molecule has 146 valence electrons. The van der Waals surface area contributed by atoms with Crippen molar-refractivity contribution in [3.05, 3.63) is 85.2 Å². The Morgan fingerprint density at radius 3 is 2.72 bits per heavy atom. The van der Waals surface area contributed by atoms with Crippen LogP contribution in [0.5, 0.6) is 5.75 Å². The molecule has 1 aromatic heterocycles. The molecular formula is C22H17FN2O3S. The van der Waals surface area contributed by atoms with Gasteiger partial charge in [0.15, 0.2) is 4.80 Å². The van der Waals surface area contributed by atoms with Crippen molar-refractivity contribution in [2.75, 3.05) is 0 Å². The first-order valence-corrected chi connectivity index (χ1v) is 10.1. The highest BCUT2D eigenvalue weighted by atomic mass is 32.1. The van der Waals surface area contributed by atoms with Crippen LogP contribution >= 0.6 is 11.3 Å². The fourth-order valence-electron chi connectivity index (χ4n) is 4.29. The molecule has 0 fully saturated rings. The maximum absolute atomic E-state index is 14.1. The number of aromatic nitrogens is 1. The van der Waals surface area contributed by atoms with Gasteiger partial charge in [0.2, 0.25) is 5.72 Å². The molecule has 3 heterocycles. The molecule has 3 aromatic rings. The van der Waals surface area contributed by atoms with E-state index in [0.29, 0.717) is 20.6 Å². The number of ether oxygens (including phenoxy) is 1. The summed E-state index contributed by atoms with van der Waals surface area (Å²) in [6.45, 7) is 3.27. The molecule has 2 aromatic carbocycles. The number of nitrogens with zero attached hydrogens (tertiary/aromatic N) is 2. The summed E-state index contributed by atoms with van der Waals surface area (Å²) in [6, 6.07) is 13.2. The summed E-state index contributed by atoms with van der Waals surface area (Å²) in [7, 11) is 0. The van der Waals surface area contributed by atoms with Crippen molar-refractivity contribution < 1.29 is 13.9 Å². The summed E-state index contributed by atoms with van der Waals surface area (Å²) in [6.07, 6.45) is 1.53. The van der Waals surface area contributed by atoms with Crippen molar-refractivity contribution >= 4 is 23.2 Å². The number of Topliss-reactive ketones (excluding diaryl/α,β-unsaturated/α-hetero) is 1. The van der Waals surface area contributed by atoms with Crippen LogP contribution in [0.15, 0.2) is 58.3 Å². The van der Waals surface area contributed by atoms with Gasteiger partial charge in [-0.15, -0.1) is 0 Å². The van der Waals surface area contributed by atoms with Crippen LogP contribution in [0, 0.1) is 11.7 Å². The van der Waals surface area contributed by atoms with Crippen molar-refractivity contribution in [2.45, 2.75) is 25.6 Å². The number of rotatable bonds is 2. The summed E-state index contributed by atoms with van der Waals surface area (Å²) in [4.78, 5) is 31.0. The first-order chi connectivity index (χ1) is 13.9. The molecule has 5 rings (SSSR count). The van der Waals surface area contributed by atoms with Gasteiger partial charge in [-0.2, -0.15) is 0 Å². The average Bonchev–Trinajstić information content (AvgIpc) is 2.96. The molecule has 5 nitrogen and oxygen atoms in total. The predicted molar refractivity (Wildman–Crippen MR) is 107 cm³/mol. The number of benzene rings is 2. The summed E-state index contributed by atoms with van der Waals surface area (Å²) in [5.74, 6) is -0.511. The lowest BCUT2D eigenvalue weighted by molar-refractivity contribution is -0.132. The molecule has 0 saturated heterocycles. The first-order valence-electron chi connectivity index (χ1n) is 9.25. The zero-order valence-electron chi connectivity index (χ0n) is 15.8. The number of para-hydroxylation sites is 1. The van der Waals surface area contributed by atoms with E-state index in [2.05, 4.69) is 4.99 Å². The van der Waals surface area contributed by atoms with Crippen LogP contribution in [0.3, 0.4) is 0 Å². The lowest BCUT2D eigenvalue weighted by Gasteiger charge is -2.45. The Labute approximate surface area is 169 Å². The highest BCUT2D eigenvalue weighted by molar-refractivity contribution is 7.07. The average molecular weight is 408 g/mol. The molecule has 0 aliphatic carbocycles. The van der Waals surface area contributed by atoms with Gasteiger partial charge in [0.05, 0.1) is 10.6 Å². The molecule has 2 aliphatic heterocycles. The van der Waals surface area contributed by atoms with E-state index in [1.165, 1.54) is 30.4 Å². The normalized spacial score (nSPS) is 24.9. The Hall–Kier alpha value is -3.06. The summed E-state index contributed by atoms with van der Waals surface area (Å²) in [5, 5.41) is 0. The molecule has 7 heteroatoms. The van der Waals surface area contributed by atoms with E-state index in [9.17, 15) is 14.0 Å². The lowest BCUT2D eigenvalue weighted by atomic mass is 9.79. The monoisotopic (exact) mass is 408 g/mol. The third-order valence-electron chi connectivity index (χ3n) is 5.51. The van der Waals surface area contributed by atoms with Gasteiger partial charge >= 0.3 is 0 Å². The molecule has 3 atom stereocenters. The number of carbonyl (C=O) groups excluding carboxylic acids is 1. The molecule has 0 N–H and O–H groups in total. The summed E-state index contributed by atoms with van der Waals surface area (Å²) in [5.41, 5.74) is -0.277. The van der Waals surface area contributed by atoms with Gasteiger partial charge in [-0.05, 0) is 32.1 Å². The van der Waals surface area contributed by atoms with E-state index in [1.54, 1.807) is 29.7 Å². The summed E-state index contributed by atoms with van der Waals surface area (Å²) >= 11 is 1.18. The zero-order valence-corrected chi connectivity index (χ0v) is 16.6. The number of hydrogen-bond donors (Lipinski definition) is 0. The highest BCUT2D eigenvalue weighted by Gasteiger charge is 2.53. The number of halogens is 1. The fourth-order valence-corrected chi connectivity index (χ4v) is 5.38. The lowest BCUT2D eigenvalue weighted by Crippen LogP contribution is -2.58. The standard InChI is InChI=1S/C22H17FN2O3S/c1-12(26)18-19-14-8-4-6-10-16(14)28-22(18,2)24-21-25(19)20(27)17(29-21)11-13-7-3-5-9-15(13)23/h3-11,18-19H,1-2H3/b17-11-/t18-,19+,22-/m1/s1. The van der Waals surface area contributed by atoms with Crippen LogP contribution in [0.2, 0.25) is 0 Å². The second-order valence-electron chi connectivity index (χ2n) is 7.43. The molecule has 29 heavy (non-hydrogen) atoms. The number of fused-ring (bicyclic) bond motifs is 6. The number of carbonyl (C=O) groups is 1. The molecular weight excluding hydrogens is 391 g/mol. The van der Waals surface area contributed by atoms with Crippen molar-refractivity contribution in [3.8, 4) is 5.75 Å². The maximum atomic E-state index is 14.1. The predicted octanol–water partition coefficient (Wildman–Crippen LogP) is 2.41. The van der Waals surface area contributed by atoms with Gasteiger partial charge < -0.3 is 4.74 Å². The second kappa shape index (κ2) is 6.22. The number of hydrogen-bond acceptors (Lipinski definition) is 5. The Morgan fingerprint density at radius 1 is 1.24 bits per heavy atom. The topological polar surface area (TPSA) is 60.7 Å². The van der Waals surface area contributed by atoms with Crippen LogP contribution in [0.4, 0.5) is 4.39 Å². The zero-order chi connectivity index (χ0) is 20.3. The quantitative estimate of drug-likeness (QED) is 0.654. The smallest absolute Gasteiger partial charge is 0.270 e. The van der Waals surface area contributed by atoms with E-state index in [1.807, 2.05) is 24.3 Å². The van der Waals surface area contributed by atoms with Gasteiger partial charge in [-0.1, -0.05) is 47.7 Å². The molecule has 0 amide bonds. The van der Waals surface area contributed by atoms with Gasteiger partial charge in [0.25, 0.3) is 5.56 Å². The fraction of sp³-hybridized carbons (Fsp3) is 0.227. The van der Waals surface area contributed by atoms with Crippen molar-refractivity contribution in [3.63, 3.8) is 0 Å². The van der Waals surface area contributed by atoms with Crippen LogP contribution < -0.4 is 19.6 Å². The number of thiazole rings is 1. The van der Waals surface area contributed by atoms with Gasteiger partial charge in [-0.3, -0.25) is 14.2 Å². The Kier molecular flexibility index (Phi) is 3.86.